The van der Waals surface area contributed by atoms with Crippen LogP contribution in [0.4, 0.5) is 24.1 Å². The summed E-state index contributed by atoms with van der Waals surface area (Å²) in [7, 11) is 3.19. The lowest BCUT2D eigenvalue weighted by molar-refractivity contribution is -0.137. The maximum absolute atomic E-state index is 13.4. The van der Waals surface area contributed by atoms with Crippen LogP contribution in [0.2, 0.25) is 0 Å². The predicted molar refractivity (Wildman–Crippen MR) is 108 cm³/mol. The molecule has 7 nitrogen and oxygen atoms in total. The zero-order valence-electron chi connectivity index (χ0n) is 16.3. The van der Waals surface area contributed by atoms with Crippen molar-refractivity contribution in [3.05, 3.63) is 28.3 Å². The number of nitrogens with one attached hydrogen (secondary N) is 1. The molecule has 11 heteroatoms. The van der Waals surface area contributed by atoms with Crippen LogP contribution in [0.1, 0.15) is 29.3 Å². The minimum absolute atomic E-state index is 0.127. The van der Waals surface area contributed by atoms with Gasteiger partial charge in [-0.3, -0.25) is 9.89 Å². The minimum Gasteiger partial charge on any atom is -0.473 e. The van der Waals surface area contributed by atoms with Crippen LogP contribution in [0, 0.1) is 0 Å². The van der Waals surface area contributed by atoms with E-state index in [0.717, 1.165) is 22.3 Å². The van der Waals surface area contributed by atoms with E-state index in [1.807, 2.05) is 13.2 Å². The summed E-state index contributed by atoms with van der Waals surface area (Å²) in [6, 6.07) is 1.11. The van der Waals surface area contributed by atoms with E-state index < -0.39 is 11.7 Å². The Morgan fingerprint density at radius 3 is 2.86 bits per heavy atom. The van der Waals surface area contributed by atoms with Crippen LogP contribution in [0.3, 0.4) is 0 Å². The Kier molecular flexibility index (Phi) is 6.27. The summed E-state index contributed by atoms with van der Waals surface area (Å²) in [4.78, 5) is 15.2. The van der Waals surface area contributed by atoms with Crippen molar-refractivity contribution in [2.75, 3.05) is 31.7 Å². The number of hydrogen-bond acceptors (Lipinski definition) is 8. The molecule has 0 amide bonds. The van der Waals surface area contributed by atoms with Crippen LogP contribution in [0.25, 0.3) is 0 Å². The Morgan fingerprint density at radius 2 is 2.24 bits per heavy atom. The molecule has 3 N–H and O–H groups in total. The average Bonchev–Trinajstić information content (AvgIpc) is 3.23. The number of pyridine rings is 1. The van der Waals surface area contributed by atoms with Gasteiger partial charge in [-0.25, -0.2) is 4.98 Å². The van der Waals surface area contributed by atoms with E-state index in [0.29, 0.717) is 19.5 Å². The van der Waals surface area contributed by atoms with Gasteiger partial charge in [0.15, 0.2) is 5.13 Å². The Balaban J connectivity index is 1.74. The second-order valence-corrected chi connectivity index (χ2v) is 7.94. The van der Waals surface area contributed by atoms with Crippen molar-refractivity contribution >= 4 is 28.5 Å². The number of nitrogens with zero attached hydrogens (tertiary/aromatic N) is 4. The zero-order chi connectivity index (χ0) is 21.2. The first-order valence-corrected chi connectivity index (χ1v) is 9.86. The Hall–Kier alpha value is -2.40. The lowest BCUT2D eigenvalue weighted by Gasteiger charge is -2.19. The monoisotopic (exact) mass is 428 g/mol. The summed E-state index contributed by atoms with van der Waals surface area (Å²) < 4.78 is 46.1. The summed E-state index contributed by atoms with van der Waals surface area (Å²) in [6.07, 6.45) is -1.30. The number of hydrogen-bond donors (Lipinski definition) is 2. The van der Waals surface area contributed by atoms with E-state index >= 15 is 0 Å². The van der Waals surface area contributed by atoms with Crippen LogP contribution in [-0.4, -0.2) is 53.9 Å². The minimum atomic E-state index is -4.59. The third-order valence-corrected chi connectivity index (χ3v) is 5.71. The van der Waals surface area contributed by atoms with Gasteiger partial charge in [0.25, 0.3) is 0 Å². The first-order valence-electron chi connectivity index (χ1n) is 9.04. The van der Waals surface area contributed by atoms with Gasteiger partial charge in [-0.2, -0.15) is 18.2 Å². The van der Waals surface area contributed by atoms with E-state index in [2.05, 4.69) is 32.1 Å². The number of rotatable bonds is 6. The van der Waals surface area contributed by atoms with Gasteiger partial charge in [-0.05, 0) is 6.92 Å². The summed E-state index contributed by atoms with van der Waals surface area (Å²) in [5.74, 6) is -0.384. The Labute approximate surface area is 170 Å². The molecule has 0 spiro atoms. The fourth-order valence-corrected chi connectivity index (χ4v) is 4.12. The molecule has 3 heterocycles. The number of aromatic nitrogens is 2. The zero-order valence-corrected chi connectivity index (χ0v) is 17.1. The SMILES string of the molecule is CN=Cc1c(C(F)(F)F)cc(OC2CC(C)N(Cc3cnc(NC)s3)C2)nc1N. The van der Waals surface area contributed by atoms with Gasteiger partial charge in [0.2, 0.25) is 5.88 Å². The Bertz CT molecular complexity index is 885. The molecule has 2 aromatic rings. The molecule has 3 rings (SSSR count). The standard InChI is InChI=1S/C18H23F3N6OS/c1-10-4-11(8-27(10)9-12-6-25-17(24-3)29-12)28-15-5-14(18(19,20)21)13(7-23-2)16(22)26-15/h5-7,10-11H,4,8-9H2,1-3H3,(H2,22,26)(H,24,25). The number of aliphatic imine (C=N–C) groups is 1. The second-order valence-electron chi connectivity index (χ2n) is 6.83. The number of halogens is 3. The predicted octanol–water partition coefficient (Wildman–Crippen LogP) is 3.27. The number of anilines is 2. The number of alkyl halides is 3. The first kappa shape index (κ1) is 21.3. The van der Waals surface area contributed by atoms with Crippen LogP contribution < -0.4 is 15.8 Å². The molecule has 0 saturated carbocycles. The van der Waals surface area contributed by atoms with E-state index in [-0.39, 0.29) is 29.4 Å². The second kappa shape index (κ2) is 8.54. The molecule has 0 aliphatic carbocycles. The molecule has 1 saturated heterocycles. The lowest BCUT2D eigenvalue weighted by atomic mass is 10.1. The number of nitrogens with two attached hydrogens (primary N) is 1. The van der Waals surface area contributed by atoms with Crippen molar-refractivity contribution in [1.82, 2.24) is 14.9 Å². The highest BCUT2D eigenvalue weighted by Gasteiger charge is 2.36. The molecule has 2 aromatic heterocycles. The van der Waals surface area contributed by atoms with Crippen LogP contribution >= 0.6 is 11.3 Å². The molecule has 1 fully saturated rings. The van der Waals surface area contributed by atoms with Gasteiger partial charge in [0.05, 0.1) is 5.56 Å². The third-order valence-electron chi connectivity index (χ3n) is 4.71. The fourth-order valence-electron chi connectivity index (χ4n) is 3.33. The largest absolute Gasteiger partial charge is 0.473 e. The molecule has 0 radical (unpaired) electrons. The maximum Gasteiger partial charge on any atom is 0.417 e. The molecule has 1 aliphatic rings. The van der Waals surface area contributed by atoms with Gasteiger partial charge in [-0.1, -0.05) is 0 Å². The van der Waals surface area contributed by atoms with Gasteiger partial charge >= 0.3 is 6.18 Å². The van der Waals surface area contributed by atoms with Crippen LogP contribution in [0.5, 0.6) is 5.88 Å². The molecular formula is C18H23F3N6OS. The third kappa shape index (κ3) is 4.96. The average molecular weight is 428 g/mol. The quantitative estimate of drug-likeness (QED) is 0.687. The van der Waals surface area contributed by atoms with E-state index in [1.54, 1.807) is 11.3 Å². The maximum atomic E-state index is 13.4. The number of thiazole rings is 1. The molecule has 1 aliphatic heterocycles. The molecule has 0 aromatic carbocycles. The van der Waals surface area contributed by atoms with Crippen molar-refractivity contribution < 1.29 is 17.9 Å². The highest BCUT2D eigenvalue weighted by Crippen LogP contribution is 2.36. The highest BCUT2D eigenvalue weighted by molar-refractivity contribution is 7.15. The summed E-state index contributed by atoms with van der Waals surface area (Å²) in [6.45, 7) is 3.35. The van der Waals surface area contributed by atoms with E-state index in [9.17, 15) is 13.2 Å². The van der Waals surface area contributed by atoms with Gasteiger partial charge in [0.1, 0.15) is 11.9 Å². The smallest absolute Gasteiger partial charge is 0.417 e. The molecule has 2 atom stereocenters. The number of likely N-dealkylation sites (tertiary alicyclic amines) is 1. The molecule has 158 valence electrons. The lowest BCUT2D eigenvalue weighted by Crippen LogP contribution is -2.27. The van der Waals surface area contributed by atoms with Crippen molar-refractivity contribution in [3.63, 3.8) is 0 Å². The van der Waals surface area contributed by atoms with Gasteiger partial charge in [-0.15, -0.1) is 11.3 Å². The number of ether oxygens (including phenoxy) is 1. The molecular weight excluding hydrogens is 405 g/mol. The van der Waals surface area contributed by atoms with Gasteiger partial charge < -0.3 is 15.8 Å². The molecule has 0 bridgehead atoms. The van der Waals surface area contributed by atoms with Gasteiger partial charge in [0, 0.05) is 68.6 Å². The summed E-state index contributed by atoms with van der Waals surface area (Å²) >= 11 is 1.57. The fraction of sp³-hybridized carbons (Fsp3) is 0.500. The van der Waals surface area contributed by atoms with Crippen LogP contribution in [-0.2, 0) is 12.7 Å². The van der Waals surface area contributed by atoms with E-state index in [1.165, 1.54) is 7.05 Å². The van der Waals surface area contributed by atoms with Crippen molar-refractivity contribution in [1.29, 1.82) is 0 Å². The molecule has 29 heavy (non-hydrogen) atoms. The normalized spacial score (nSPS) is 20.5. The summed E-state index contributed by atoms with van der Waals surface area (Å²) in [5, 5.41) is 3.85. The number of nitrogen functional groups attached to an aromatic ring is 1. The van der Waals surface area contributed by atoms with Crippen LogP contribution in [0.15, 0.2) is 17.3 Å². The van der Waals surface area contributed by atoms with Crippen molar-refractivity contribution in [3.8, 4) is 5.88 Å². The summed E-state index contributed by atoms with van der Waals surface area (Å²) in [5.41, 5.74) is 4.59. The molecule has 2 unspecified atom stereocenters. The first-order chi connectivity index (χ1) is 13.7. The topological polar surface area (TPSA) is 88.7 Å². The van der Waals surface area contributed by atoms with Crippen molar-refractivity contribution in [2.24, 2.45) is 4.99 Å². The Morgan fingerprint density at radius 1 is 1.48 bits per heavy atom. The highest BCUT2D eigenvalue weighted by atomic mass is 32.1. The van der Waals surface area contributed by atoms with E-state index in [4.69, 9.17) is 10.5 Å². The van der Waals surface area contributed by atoms with Crippen molar-refractivity contribution in [2.45, 2.75) is 38.2 Å².